The fourth-order valence-corrected chi connectivity index (χ4v) is 3.13. The normalized spacial score (nSPS) is 11.0. The van der Waals surface area contributed by atoms with Gasteiger partial charge in [0.25, 0.3) is 5.91 Å². The number of hydrogen-bond acceptors (Lipinski definition) is 3. The molecule has 0 heterocycles. The van der Waals surface area contributed by atoms with E-state index in [0.29, 0.717) is 5.56 Å². The van der Waals surface area contributed by atoms with Crippen molar-refractivity contribution in [2.45, 2.75) is 6.18 Å². The van der Waals surface area contributed by atoms with Crippen LogP contribution in [0.4, 0.5) is 18.9 Å². The van der Waals surface area contributed by atoms with Crippen LogP contribution in [0.3, 0.4) is 0 Å². The van der Waals surface area contributed by atoms with Gasteiger partial charge in [-0.2, -0.15) is 13.2 Å². The van der Waals surface area contributed by atoms with Gasteiger partial charge in [-0.3, -0.25) is 14.4 Å². The van der Waals surface area contributed by atoms with E-state index in [1.807, 2.05) is 0 Å². The average molecular weight is 440 g/mol. The Kier molecular flexibility index (Phi) is 6.73. The van der Waals surface area contributed by atoms with E-state index in [4.69, 9.17) is 0 Å². The lowest BCUT2D eigenvalue weighted by molar-refractivity contribution is -0.137. The molecular formula is C24H19F3N2O3. The first-order valence-electron chi connectivity index (χ1n) is 9.59. The SMILES string of the molecule is CN(CC(=O)Nc1ccccc1C(F)(F)F)C(=O)c1ccccc1C(=O)c1ccccc1. The quantitative estimate of drug-likeness (QED) is 0.568. The zero-order valence-electron chi connectivity index (χ0n) is 17.0. The molecule has 3 rings (SSSR count). The standard InChI is InChI=1S/C24H19F3N2O3/c1-29(15-21(30)28-20-14-8-7-13-19(20)24(25,26)27)23(32)18-12-6-5-11-17(18)22(31)16-9-3-2-4-10-16/h2-14H,15H2,1H3,(H,28,30). The lowest BCUT2D eigenvalue weighted by atomic mass is 9.97. The lowest BCUT2D eigenvalue weighted by Gasteiger charge is -2.19. The third-order valence-corrected chi connectivity index (χ3v) is 4.67. The van der Waals surface area contributed by atoms with Crippen LogP contribution in [0.25, 0.3) is 0 Å². The Balaban J connectivity index is 1.76. The van der Waals surface area contributed by atoms with Gasteiger partial charge in [-0.05, 0) is 18.2 Å². The minimum Gasteiger partial charge on any atom is -0.332 e. The summed E-state index contributed by atoms with van der Waals surface area (Å²) in [5.41, 5.74) is -0.728. The van der Waals surface area contributed by atoms with Gasteiger partial charge in [-0.1, -0.05) is 60.7 Å². The van der Waals surface area contributed by atoms with Crippen molar-refractivity contribution >= 4 is 23.3 Å². The van der Waals surface area contributed by atoms with Crippen molar-refractivity contribution in [1.29, 1.82) is 0 Å². The third-order valence-electron chi connectivity index (χ3n) is 4.67. The van der Waals surface area contributed by atoms with Crippen LogP contribution in [0.1, 0.15) is 31.8 Å². The molecule has 1 N–H and O–H groups in total. The molecule has 0 bridgehead atoms. The Morgan fingerprint density at radius 1 is 0.812 bits per heavy atom. The lowest BCUT2D eigenvalue weighted by Crippen LogP contribution is -2.36. The number of nitrogens with zero attached hydrogens (tertiary/aromatic N) is 1. The molecule has 0 fully saturated rings. The molecule has 5 nitrogen and oxygen atoms in total. The van der Waals surface area contributed by atoms with Crippen LogP contribution in [0, 0.1) is 0 Å². The van der Waals surface area contributed by atoms with Crippen molar-refractivity contribution in [3.8, 4) is 0 Å². The van der Waals surface area contributed by atoms with Gasteiger partial charge >= 0.3 is 6.18 Å². The molecule has 0 unspecified atom stereocenters. The van der Waals surface area contributed by atoms with Gasteiger partial charge in [0.1, 0.15) is 0 Å². The van der Waals surface area contributed by atoms with Gasteiger partial charge in [0.05, 0.1) is 23.4 Å². The smallest absolute Gasteiger partial charge is 0.332 e. The van der Waals surface area contributed by atoms with Crippen LogP contribution in [0.15, 0.2) is 78.9 Å². The number of halogens is 3. The van der Waals surface area contributed by atoms with E-state index >= 15 is 0 Å². The van der Waals surface area contributed by atoms with Crippen molar-refractivity contribution in [2.24, 2.45) is 0 Å². The summed E-state index contributed by atoms with van der Waals surface area (Å²) in [6, 6.07) is 19.2. The first kappa shape index (κ1) is 22.7. The molecule has 32 heavy (non-hydrogen) atoms. The van der Waals surface area contributed by atoms with Gasteiger partial charge in [0.15, 0.2) is 5.78 Å². The Labute approximate surface area is 182 Å². The third kappa shape index (κ3) is 5.21. The zero-order chi connectivity index (χ0) is 23.3. The molecule has 2 amide bonds. The summed E-state index contributed by atoms with van der Waals surface area (Å²) in [6.07, 6.45) is -4.64. The van der Waals surface area contributed by atoms with E-state index in [0.717, 1.165) is 17.0 Å². The van der Waals surface area contributed by atoms with Crippen LogP contribution >= 0.6 is 0 Å². The molecular weight excluding hydrogens is 421 g/mol. The van der Waals surface area contributed by atoms with Crippen LogP contribution in [-0.2, 0) is 11.0 Å². The number of ketones is 1. The fraction of sp³-hybridized carbons (Fsp3) is 0.125. The number of carbonyl (C=O) groups excluding carboxylic acids is 3. The predicted octanol–water partition coefficient (Wildman–Crippen LogP) is 4.65. The summed E-state index contributed by atoms with van der Waals surface area (Å²) in [5.74, 6) is -1.76. The van der Waals surface area contributed by atoms with E-state index in [2.05, 4.69) is 5.32 Å². The molecule has 8 heteroatoms. The van der Waals surface area contributed by atoms with Gasteiger partial charge in [-0.15, -0.1) is 0 Å². The predicted molar refractivity (Wildman–Crippen MR) is 113 cm³/mol. The van der Waals surface area contributed by atoms with Crippen molar-refractivity contribution in [2.75, 3.05) is 18.9 Å². The van der Waals surface area contributed by atoms with Gasteiger partial charge in [0.2, 0.25) is 5.91 Å². The number of para-hydroxylation sites is 1. The molecule has 0 atom stereocenters. The number of amides is 2. The molecule has 0 radical (unpaired) electrons. The maximum Gasteiger partial charge on any atom is 0.418 e. The topological polar surface area (TPSA) is 66.5 Å². The molecule has 3 aromatic rings. The highest BCUT2D eigenvalue weighted by atomic mass is 19.4. The van der Waals surface area contributed by atoms with E-state index in [1.165, 1.54) is 31.3 Å². The first-order chi connectivity index (χ1) is 15.2. The van der Waals surface area contributed by atoms with Crippen LogP contribution in [0.2, 0.25) is 0 Å². The van der Waals surface area contributed by atoms with Crippen molar-refractivity contribution in [1.82, 2.24) is 4.90 Å². The number of carbonyl (C=O) groups is 3. The number of alkyl halides is 3. The maximum absolute atomic E-state index is 13.1. The Morgan fingerprint density at radius 3 is 2.03 bits per heavy atom. The van der Waals surface area contributed by atoms with Gasteiger partial charge < -0.3 is 10.2 Å². The van der Waals surface area contributed by atoms with Crippen molar-refractivity contribution < 1.29 is 27.6 Å². The fourth-order valence-electron chi connectivity index (χ4n) is 3.13. The number of anilines is 1. The molecule has 3 aromatic carbocycles. The highest BCUT2D eigenvalue weighted by Crippen LogP contribution is 2.34. The zero-order valence-corrected chi connectivity index (χ0v) is 17.0. The maximum atomic E-state index is 13.1. The van der Waals surface area contributed by atoms with E-state index in [-0.39, 0.29) is 16.9 Å². The van der Waals surface area contributed by atoms with E-state index in [9.17, 15) is 27.6 Å². The highest BCUT2D eigenvalue weighted by Gasteiger charge is 2.33. The minimum atomic E-state index is -4.64. The summed E-state index contributed by atoms with van der Waals surface area (Å²) < 4.78 is 39.4. The number of likely N-dealkylation sites (N-methyl/N-ethyl adjacent to an activating group) is 1. The molecule has 0 aliphatic rings. The summed E-state index contributed by atoms with van der Waals surface area (Å²) in [7, 11) is 1.33. The summed E-state index contributed by atoms with van der Waals surface area (Å²) >= 11 is 0. The Bertz CT molecular complexity index is 1140. The number of nitrogens with one attached hydrogen (secondary N) is 1. The van der Waals surface area contributed by atoms with Crippen LogP contribution in [0.5, 0.6) is 0 Å². The van der Waals surface area contributed by atoms with E-state index in [1.54, 1.807) is 42.5 Å². The summed E-state index contributed by atoms with van der Waals surface area (Å²) in [5, 5.41) is 2.20. The summed E-state index contributed by atoms with van der Waals surface area (Å²) in [6.45, 7) is -0.501. The highest BCUT2D eigenvalue weighted by molar-refractivity contribution is 6.15. The molecule has 0 spiro atoms. The molecule has 0 saturated heterocycles. The first-order valence-corrected chi connectivity index (χ1v) is 9.59. The van der Waals surface area contributed by atoms with Crippen LogP contribution < -0.4 is 5.32 Å². The van der Waals surface area contributed by atoms with Crippen molar-refractivity contribution in [3.05, 3.63) is 101 Å². The van der Waals surface area contributed by atoms with Crippen molar-refractivity contribution in [3.63, 3.8) is 0 Å². The van der Waals surface area contributed by atoms with Gasteiger partial charge in [0, 0.05) is 18.2 Å². The molecule has 0 aromatic heterocycles. The minimum absolute atomic E-state index is 0.0901. The van der Waals surface area contributed by atoms with E-state index < -0.39 is 35.8 Å². The molecule has 0 aliphatic carbocycles. The number of rotatable bonds is 6. The van der Waals surface area contributed by atoms with Gasteiger partial charge in [-0.25, -0.2) is 0 Å². The van der Waals surface area contributed by atoms with Crippen LogP contribution in [-0.4, -0.2) is 36.1 Å². The molecule has 164 valence electrons. The molecule has 0 saturated carbocycles. The second kappa shape index (κ2) is 9.47. The number of hydrogen-bond donors (Lipinski definition) is 1. The second-order valence-electron chi connectivity index (χ2n) is 6.99. The Morgan fingerprint density at radius 2 is 1.38 bits per heavy atom. The summed E-state index contributed by atoms with van der Waals surface area (Å²) in [4.78, 5) is 39.1. The Hall–Kier alpha value is -3.94. The largest absolute Gasteiger partial charge is 0.418 e. The average Bonchev–Trinajstić information content (AvgIpc) is 2.78. The molecule has 0 aliphatic heterocycles. The number of benzene rings is 3. The second-order valence-corrected chi connectivity index (χ2v) is 6.99. The monoisotopic (exact) mass is 440 g/mol.